The molecule has 0 spiro atoms. The van der Waals surface area contributed by atoms with E-state index in [1.54, 1.807) is 19.2 Å². The number of aromatic carboxylic acids is 1. The molecule has 0 saturated heterocycles. The highest BCUT2D eigenvalue weighted by atomic mass is 16.5. The molecule has 2 aliphatic rings. The minimum absolute atomic E-state index is 0.0425. The fraction of sp³-hybridized carbons (Fsp3) is 0.567. The van der Waals surface area contributed by atoms with Crippen molar-refractivity contribution in [3.8, 4) is 11.5 Å². The van der Waals surface area contributed by atoms with Crippen LogP contribution in [-0.4, -0.2) is 29.9 Å². The van der Waals surface area contributed by atoms with Crippen LogP contribution in [0, 0.1) is 17.8 Å². The van der Waals surface area contributed by atoms with Gasteiger partial charge in [0.25, 0.3) is 0 Å². The number of aliphatic hydroxyl groups excluding tert-OH is 1. The zero-order valence-corrected chi connectivity index (χ0v) is 21.9. The molecule has 5 nitrogen and oxygen atoms in total. The Morgan fingerprint density at radius 3 is 2.23 bits per heavy atom. The van der Waals surface area contributed by atoms with E-state index in [9.17, 15) is 9.90 Å². The Balaban J connectivity index is 0.00000167. The lowest BCUT2D eigenvalue weighted by atomic mass is 9.57. The Labute approximate surface area is 210 Å². The third-order valence-electron chi connectivity index (χ3n) is 7.82. The number of carboxylic acids is 1. The average molecular weight is 483 g/mol. The summed E-state index contributed by atoms with van der Waals surface area (Å²) in [6.45, 7) is 8.78. The van der Waals surface area contributed by atoms with Crippen LogP contribution in [0.2, 0.25) is 0 Å². The number of rotatable bonds is 8. The van der Waals surface area contributed by atoms with E-state index in [1.165, 1.54) is 56.2 Å². The van der Waals surface area contributed by atoms with Gasteiger partial charge in [-0.1, -0.05) is 40.2 Å². The highest BCUT2D eigenvalue weighted by molar-refractivity contribution is 5.87. The second-order valence-corrected chi connectivity index (χ2v) is 10.3. The molecule has 0 aromatic heterocycles. The Morgan fingerprint density at radius 1 is 1.06 bits per heavy atom. The number of carboxylic acid groups (broad SMARTS) is 1. The summed E-state index contributed by atoms with van der Waals surface area (Å²) in [5.74, 6) is 2.86. The summed E-state index contributed by atoms with van der Waals surface area (Å²) in [7, 11) is 1.72. The lowest BCUT2D eigenvalue weighted by Crippen LogP contribution is -2.39. The molecule has 2 aliphatic carbocycles. The summed E-state index contributed by atoms with van der Waals surface area (Å²) in [5, 5.41) is 19.9. The zero-order chi connectivity index (χ0) is 25.6. The van der Waals surface area contributed by atoms with Crippen molar-refractivity contribution in [1.29, 1.82) is 0 Å². The van der Waals surface area contributed by atoms with E-state index in [2.05, 4.69) is 19.9 Å². The van der Waals surface area contributed by atoms with Crippen LogP contribution in [0.15, 0.2) is 42.5 Å². The topological polar surface area (TPSA) is 76.0 Å². The minimum atomic E-state index is -0.974. The van der Waals surface area contributed by atoms with Gasteiger partial charge in [-0.15, -0.1) is 0 Å². The van der Waals surface area contributed by atoms with Crippen molar-refractivity contribution in [2.45, 2.75) is 77.7 Å². The van der Waals surface area contributed by atoms with E-state index in [0.717, 1.165) is 29.1 Å². The molecule has 2 fully saturated rings. The number of hydrogen-bond acceptors (Lipinski definition) is 4. The van der Waals surface area contributed by atoms with Crippen molar-refractivity contribution in [3.05, 3.63) is 59.2 Å². The number of ether oxygens (including phenoxy) is 2. The predicted molar refractivity (Wildman–Crippen MR) is 139 cm³/mol. The van der Waals surface area contributed by atoms with Gasteiger partial charge >= 0.3 is 5.97 Å². The van der Waals surface area contributed by atoms with E-state index < -0.39 is 12.1 Å². The smallest absolute Gasteiger partial charge is 0.335 e. The molecule has 2 aromatic rings. The molecule has 0 amide bonds. The summed E-state index contributed by atoms with van der Waals surface area (Å²) in [6.07, 6.45) is 6.86. The van der Waals surface area contributed by atoms with Crippen LogP contribution in [0.5, 0.6) is 11.5 Å². The average Bonchev–Trinajstić information content (AvgIpc) is 2.87. The molecule has 2 N–H and O–H groups in total. The zero-order valence-electron chi connectivity index (χ0n) is 21.9. The van der Waals surface area contributed by atoms with Gasteiger partial charge in [0.05, 0.1) is 12.7 Å². The van der Waals surface area contributed by atoms with Crippen molar-refractivity contribution < 1.29 is 24.5 Å². The second kappa shape index (κ2) is 11.9. The first-order valence-electron chi connectivity index (χ1n) is 13.1. The molecule has 0 aliphatic heterocycles. The van der Waals surface area contributed by atoms with Crippen LogP contribution in [0.25, 0.3) is 0 Å². The standard InChI is InChI=1S/C28H36O5.C2H6/c1-4-18-11-19-13-20(12-18)16-28(2,15-19)24-14-22(7-10-26(24)32-3)25(29)17-33-23-8-5-21(6-9-23)27(30)31;1-2/h5-10,14,18-20,25,29H,4,11-13,15-17H2,1-3H3,(H,30,31);1-2H3. The van der Waals surface area contributed by atoms with Crippen LogP contribution in [0.3, 0.4) is 0 Å². The third kappa shape index (κ3) is 6.38. The van der Waals surface area contributed by atoms with Crippen molar-refractivity contribution in [3.63, 3.8) is 0 Å². The summed E-state index contributed by atoms with van der Waals surface area (Å²) in [5.41, 5.74) is 2.26. The van der Waals surface area contributed by atoms with Crippen LogP contribution in [0.1, 0.15) is 93.8 Å². The summed E-state index contributed by atoms with van der Waals surface area (Å²) in [6, 6.07) is 12.2. The van der Waals surface area contributed by atoms with Crippen molar-refractivity contribution in [2.24, 2.45) is 17.8 Å². The monoisotopic (exact) mass is 482 g/mol. The van der Waals surface area contributed by atoms with Gasteiger partial charge in [-0.05, 0) is 97.2 Å². The number of hydrogen-bond donors (Lipinski definition) is 2. The molecule has 4 rings (SSSR count). The van der Waals surface area contributed by atoms with Crippen molar-refractivity contribution in [1.82, 2.24) is 0 Å². The molecule has 2 saturated carbocycles. The molecule has 3 atom stereocenters. The molecule has 2 bridgehead atoms. The fourth-order valence-corrected chi connectivity index (χ4v) is 6.32. The van der Waals surface area contributed by atoms with Crippen LogP contribution in [0.4, 0.5) is 0 Å². The Hall–Kier alpha value is -2.53. The fourth-order valence-electron chi connectivity index (χ4n) is 6.32. The van der Waals surface area contributed by atoms with E-state index >= 15 is 0 Å². The van der Waals surface area contributed by atoms with Crippen LogP contribution < -0.4 is 9.47 Å². The van der Waals surface area contributed by atoms with Gasteiger partial charge in [0.15, 0.2) is 0 Å². The predicted octanol–water partition coefficient (Wildman–Crippen LogP) is 7.03. The Bertz CT molecular complexity index is 953. The number of fused-ring (bicyclic) bond motifs is 2. The quantitative estimate of drug-likeness (QED) is 0.422. The maximum atomic E-state index is 11.0. The normalized spacial score (nSPS) is 26.2. The van der Waals surface area contributed by atoms with Crippen molar-refractivity contribution >= 4 is 5.97 Å². The van der Waals surface area contributed by atoms with Gasteiger partial charge < -0.3 is 19.7 Å². The highest BCUT2D eigenvalue weighted by Gasteiger charge is 2.43. The first-order valence-corrected chi connectivity index (χ1v) is 13.1. The first kappa shape index (κ1) is 27.1. The number of aliphatic hydroxyl groups is 1. The minimum Gasteiger partial charge on any atom is -0.496 e. The SMILES string of the molecule is CC.CCC1CC2CC(C1)CC(C)(c1cc(C(O)COc3ccc(C(=O)O)cc3)ccc1OC)C2. The summed E-state index contributed by atoms with van der Waals surface area (Å²) >= 11 is 0. The molecule has 5 heteroatoms. The molecule has 35 heavy (non-hydrogen) atoms. The summed E-state index contributed by atoms with van der Waals surface area (Å²) < 4.78 is 11.5. The third-order valence-corrected chi connectivity index (χ3v) is 7.82. The van der Waals surface area contributed by atoms with E-state index in [1.807, 2.05) is 26.0 Å². The van der Waals surface area contributed by atoms with Crippen LogP contribution in [-0.2, 0) is 5.41 Å². The number of carbonyl (C=O) groups is 1. The lowest BCUT2D eigenvalue weighted by molar-refractivity contribution is 0.0696. The molecular weight excluding hydrogens is 440 g/mol. The van der Waals surface area contributed by atoms with E-state index in [4.69, 9.17) is 14.6 Å². The number of methoxy groups -OCH3 is 1. The van der Waals surface area contributed by atoms with Gasteiger partial charge in [-0.3, -0.25) is 0 Å². The lowest BCUT2D eigenvalue weighted by Gasteiger charge is -2.48. The van der Waals surface area contributed by atoms with Crippen LogP contribution >= 0.6 is 0 Å². The second-order valence-electron chi connectivity index (χ2n) is 10.3. The summed E-state index contributed by atoms with van der Waals surface area (Å²) in [4.78, 5) is 11.0. The maximum absolute atomic E-state index is 11.0. The van der Waals surface area contributed by atoms with Gasteiger partial charge in [0.2, 0.25) is 0 Å². The number of benzene rings is 2. The van der Waals surface area contributed by atoms with Gasteiger partial charge in [0.1, 0.15) is 24.2 Å². The van der Waals surface area contributed by atoms with Crippen molar-refractivity contribution in [2.75, 3.05) is 13.7 Å². The molecule has 2 aromatic carbocycles. The van der Waals surface area contributed by atoms with Gasteiger partial charge in [0, 0.05) is 5.56 Å². The van der Waals surface area contributed by atoms with E-state index in [0.29, 0.717) is 5.75 Å². The molecular formula is C30H42O5. The maximum Gasteiger partial charge on any atom is 0.335 e. The Kier molecular flexibility index (Phi) is 9.23. The molecule has 0 radical (unpaired) electrons. The molecule has 192 valence electrons. The Morgan fingerprint density at radius 2 is 1.69 bits per heavy atom. The molecule has 0 heterocycles. The van der Waals surface area contributed by atoms with Gasteiger partial charge in [-0.2, -0.15) is 0 Å². The largest absolute Gasteiger partial charge is 0.496 e. The van der Waals surface area contributed by atoms with Gasteiger partial charge in [-0.25, -0.2) is 4.79 Å². The molecule has 3 unspecified atom stereocenters. The highest BCUT2D eigenvalue weighted by Crippen LogP contribution is 2.53. The van der Waals surface area contributed by atoms with E-state index in [-0.39, 0.29) is 17.6 Å². The first-order chi connectivity index (χ1) is 16.8.